The van der Waals surface area contributed by atoms with Crippen LogP contribution in [0.15, 0.2) is 35.7 Å². The van der Waals surface area contributed by atoms with Crippen molar-refractivity contribution >= 4 is 17.0 Å². The SMILES string of the molecule is Cc1ccsc1CNCc1cccc(N)c1. The van der Waals surface area contributed by atoms with E-state index in [0.29, 0.717) is 0 Å². The third-order valence-corrected chi connectivity index (χ3v) is 3.56. The lowest BCUT2D eigenvalue weighted by atomic mass is 10.2. The van der Waals surface area contributed by atoms with E-state index in [1.165, 1.54) is 16.0 Å². The Morgan fingerprint density at radius 1 is 1.25 bits per heavy atom. The number of hydrogen-bond donors (Lipinski definition) is 2. The number of anilines is 1. The molecule has 0 radical (unpaired) electrons. The molecule has 16 heavy (non-hydrogen) atoms. The fourth-order valence-electron chi connectivity index (χ4n) is 1.61. The number of nitrogen functional groups attached to an aromatic ring is 1. The van der Waals surface area contributed by atoms with Crippen LogP contribution in [0, 0.1) is 6.92 Å². The fourth-order valence-corrected chi connectivity index (χ4v) is 2.48. The molecule has 0 atom stereocenters. The summed E-state index contributed by atoms with van der Waals surface area (Å²) in [6, 6.07) is 10.1. The van der Waals surface area contributed by atoms with E-state index in [-0.39, 0.29) is 0 Å². The number of benzene rings is 1. The van der Waals surface area contributed by atoms with Gasteiger partial charge in [0.25, 0.3) is 0 Å². The van der Waals surface area contributed by atoms with Crippen molar-refractivity contribution in [2.75, 3.05) is 5.73 Å². The molecule has 0 bridgehead atoms. The lowest BCUT2D eigenvalue weighted by Crippen LogP contribution is -2.12. The predicted molar refractivity (Wildman–Crippen MR) is 70.5 cm³/mol. The first-order chi connectivity index (χ1) is 7.75. The van der Waals surface area contributed by atoms with Crippen LogP contribution in [0.3, 0.4) is 0 Å². The topological polar surface area (TPSA) is 38.0 Å². The van der Waals surface area contributed by atoms with Gasteiger partial charge in [0.05, 0.1) is 0 Å². The summed E-state index contributed by atoms with van der Waals surface area (Å²) in [7, 11) is 0. The summed E-state index contributed by atoms with van der Waals surface area (Å²) >= 11 is 1.80. The highest BCUT2D eigenvalue weighted by atomic mass is 32.1. The Kier molecular flexibility index (Phi) is 3.59. The summed E-state index contributed by atoms with van der Waals surface area (Å²) in [5.74, 6) is 0. The molecule has 1 aromatic carbocycles. The van der Waals surface area contributed by atoms with Crippen LogP contribution in [0.4, 0.5) is 5.69 Å². The van der Waals surface area contributed by atoms with E-state index in [0.717, 1.165) is 18.8 Å². The van der Waals surface area contributed by atoms with Gasteiger partial charge in [-0.1, -0.05) is 12.1 Å². The van der Waals surface area contributed by atoms with Gasteiger partial charge in [0.15, 0.2) is 0 Å². The molecule has 3 heteroatoms. The van der Waals surface area contributed by atoms with E-state index in [4.69, 9.17) is 5.73 Å². The van der Waals surface area contributed by atoms with Gasteiger partial charge in [-0.2, -0.15) is 0 Å². The molecule has 0 amide bonds. The molecule has 2 aromatic rings. The maximum atomic E-state index is 5.72. The van der Waals surface area contributed by atoms with Gasteiger partial charge in [0.2, 0.25) is 0 Å². The molecule has 0 unspecified atom stereocenters. The lowest BCUT2D eigenvalue weighted by Gasteiger charge is -2.05. The van der Waals surface area contributed by atoms with Crippen LogP contribution >= 0.6 is 11.3 Å². The normalized spacial score (nSPS) is 10.6. The minimum atomic E-state index is 0.826. The first-order valence-corrected chi connectivity index (χ1v) is 6.22. The maximum absolute atomic E-state index is 5.72. The molecule has 2 nitrogen and oxygen atoms in total. The first kappa shape index (κ1) is 11.2. The van der Waals surface area contributed by atoms with Crippen LogP contribution in [0.1, 0.15) is 16.0 Å². The van der Waals surface area contributed by atoms with Gasteiger partial charge in [-0.3, -0.25) is 0 Å². The molecule has 0 aliphatic heterocycles. The minimum absolute atomic E-state index is 0.826. The molecule has 1 heterocycles. The number of thiophene rings is 1. The molecule has 84 valence electrons. The molecule has 3 N–H and O–H groups in total. The minimum Gasteiger partial charge on any atom is -0.399 e. The van der Waals surface area contributed by atoms with E-state index < -0.39 is 0 Å². The zero-order valence-corrected chi connectivity index (χ0v) is 10.2. The van der Waals surface area contributed by atoms with Gasteiger partial charge < -0.3 is 11.1 Å². The van der Waals surface area contributed by atoms with E-state index in [2.05, 4.69) is 29.8 Å². The van der Waals surface area contributed by atoms with E-state index in [1.54, 1.807) is 11.3 Å². The van der Waals surface area contributed by atoms with Crippen LogP contribution in [-0.4, -0.2) is 0 Å². The molecule has 0 aliphatic carbocycles. The van der Waals surface area contributed by atoms with Gasteiger partial charge in [0, 0.05) is 23.7 Å². The van der Waals surface area contributed by atoms with Gasteiger partial charge in [-0.15, -0.1) is 11.3 Å². The molecule has 2 rings (SSSR count). The Hall–Kier alpha value is -1.32. The number of aryl methyl sites for hydroxylation is 1. The first-order valence-electron chi connectivity index (χ1n) is 5.34. The summed E-state index contributed by atoms with van der Waals surface area (Å²) < 4.78 is 0. The van der Waals surface area contributed by atoms with Crippen LogP contribution in [0.2, 0.25) is 0 Å². The van der Waals surface area contributed by atoms with E-state index in [9.17, 15) is 0 Å². The predicted octanol–water partition coefficient (Wildman–Crippen LogP) is 2.93. The molecule has 0 aliphatic rings. The number of hydrogen-bond acceptors (Lipinski definition) is 3. The van der Waals surface area contributed by atoms with Gasteiger partial charge >= 0.3 is 0 Å². The second-order valence-electron chi connectivity index (χ2n) is 3.88. The molecule has 0 saturated carbocycles. The van der Waals surface area contributed by atoms with Crippen LogP contribution in [0.5, 0.6) is 0 Å². The molecule has 1 aromatic heterocycles. The molecular formula is C13H16N2S. The van der Waals surface area contributed by atoms with E-state index >= 15 is 0 Å². The number of nitrogens with one attached hydrogen (secondary N) is 1. The van der Waals surface area contributed by atoms with Crippen molar-refractivity contribution < 1.29 is 0 Å². The van der Waals surface area contributed by atoms with Gasteiger partial charge in [-0.25, -0.2) is 0 Å². The molecular weight excluding hydrogens is 216 g/mol. The van der Waals surface area contributed by atoms with Gasteiger partial charge in [0.1, 0.15) is 0 Å². The quantitative estimate of drug-likeness (QED) is 0.795. The Balaban J connectivity index is 1.87. The fraction of sp³-hybridized carbons (Fsp3) is 0.231. The van der Waals surface area contributed by atoms with Crippen molar-refractivity contribution in [2.45, 2.75) is 20.0 Å². The second-order valence-corrected chi connectivity index (χ2v) is 4.88. The molecule has 0 saturated heterocycles. The van der Waals surface area contributed by atoms with Crippen molar-refractivity contribution in [3.8, 4) is 0 Å². The van der Waals surface area contributed by atoms with Crippen LogP contribution in [-0.2, 0) is 13.1 Å². The molecule has 0 spiro atoms. The second kappa shape index (κ2) is 5.14. The van der Waals surface area contributed by atoms with Crippen LogP contribution in [0.25, 0.3) is 0 Å². The Labute approximate surface area is 100 Å². The van der Waals surface area contributed by atoms with Crippen LogP contribution < -0.4 is 11.1 Å². The third-order valence-electron chi connectivity index (χ3n) is 2.53. The Bertz CT molecular complexity index is 462. The summed E-state index contributed by atoms with van der Waals surface area (Å²) in [6.07, 6.45) is 0. The summed E-state index contributed by atoms with van der Waals surface area (Å²) in [4.78, 5) is 1.41. The average Bonchev–Trinajstić information content (AvgIpc) is 2.65. The van der Waals surface area contributed by atoms with Crippen molar-refractivity contribution in [3.63, 3.8) is 0 Å². The smallest absolute Gasteiger partial charge is 0.0317 e. The largest absolute Gasteiger partial charge is 0.399 e. The average molecular weight is 232 g/mol. The van der Waals surface area contributed by atoms with Crippen molar-refractivity contribution in [3.05, 3.63) is 51.7 Å². The summed E-state index contributed by atoms with van der Waals surface area (Å²) in [5, 5.41) is 5.56. The highest BCUT2D eigenvalue weighted by molar-refractivity contribution is 7.10. The van der Waals surface area contributed by atoms with E-state index in [1.807, 2.05) is 18.2 Å². The van der Waals surface area contributed by atoms with Crippen molar-refractivity contribution in [2.24, 2.45) is 0 Å². The zero-order chi connectivity index (χ0) is 11.4. The number of rotatable bonds is 4. The number of nitrogens with two attached hydrogens (primary N) is 1. The summed E-state index contributed by atoms with van der Waals surface area (Å²) in [6.45, 7) is 3.94. The highest BCUT2D eigenvalue weighted by Crippen LogP contribution is 2.15. The summed E-state index contributed by atoms with van der Waals surface area (Å²) in [5.41, 5.74) is 9.15. The highest BCUT2D eigenvalue weighted by Gasteiger charge is 1.99. The van der Waals surface area contributed by atoms with Crippen molar-refractivity contribution in [1.82, 2.24) is 5.32 Å². The van der Waals surface area contributed by atoms with Crippen molar-refractivity contribution in [1.29, 1.82) is 0 Å². The Morgan fingerprint density at radius 3 is 2.81 bits per heavy atom. The Morgan fingerprint density at radius 2 is 2.12 bits per heavy atom. The lowest BCUT2D eigenvalue weighted by molar-refractivity contribution is 0.699. The molecule has 0 fully saturated rings. The standard InChI is InChI=1S/C13H16N2S/c1-10-5-6-16-13(10)9-15-8-11-3-2-4-12(14)7-11/h2-7,15H,8-9,14H2,1H3. The zero-order valence-electron chi connectivity index (χ0n) is 9.36. The monoisotopic (exact) mass is 232 g/mol. The maximum Gasteiger partial charge on any atom is 0.0317 e. The third kappa shape index (κ3) is 2.84. The van der Waals surface area contributed by atoms with Gasteiger partial charge in [-0.05, 0) is 41.6 Å².